The highest BCUT2D eigenvalue weighted by atomic mass is 35.7. The lowest BCUT2D eigenvalue weighted by Crippen LogP contribution is -2.64. The zero-order chi connectivity index (χ0) is 14.5. The molecule has 8 heteroatoms. The molecule has 0 saturated carbocycles. The summed E-state index contributed by atoms with van der Waals surface area (Å²) < 4.78 is 53.1. The van der Waals surface area contributed by atoms with Crippen LogP contribution in [0, 0.1) is 10.2 Å². The van der Waals surface area contributed by atoms with Gasteiger partial charge < -0.3 is 14.2 Å². The van der Waals surface area contributed by atoms with Gasteiger partial charge in [0.15, 0.2) is 11.5 Å². The Morgan fingerprint density at radius 3 is 2.50 bits per heavy atom. The van der Waals surface area contributed by atoms with Crippen LogP contribution in [-0.2, 0) is 14.8 Å². The highest BCUT2D eigenvalue weighted by molar-refractivity contribution is 5.64. The Labute approximate surface area is 116 Å². The number of benzene rings is 1. The van der Waals surface area contributed by atoms with Gasteiger partial charge in [-0.05, 0) is 30.7 Å². The maximum absolute atomic E-state index is 10.9. The summed E-state index contributed by atoms with van der Waals surface area (Å²) in [7, 11) is -4.65. The average Bonchev–Trinajstić information content (AvgIpc) is 2.70. The summed E-state index contributed by atoms with van der Waals surface area (Å²) in [4.78, 5) is 0. The van der Waals surface area contributed by atoms with E-state index in [-0.39, 0.29) is 6.79 Å². The largest absolute Gasteiger partial charge is 0.454 e. The number of hydrogen-bond acceptors (Lipinski definition) is 7. The SMILES string of the molecule is CC1=Cc2cc3c(cc2C(C)(O[Cl+3]([O-])([O-])[O-])O1)OCO3. The van der Waals surface area contributed by atoms with E-state index in [1.54, 1.807) is 25.1 Å². The van der Waals surface area contributed by atoms with Crippen molar-refractivity contribution in [2.75, 3.05) is 6.79 Å². The molecule has 1 atom stereocenters. The minimum atomic E-state index is -4.65. The first-order valence-corrected chi connectivity index (χ1v) is 6.93. The van der Waals surface area contributed by atoms with E-state index in [0.29, 0.717) is 28.4 Å². The van der Waals surface area contributed by atoms with Crippen LogP contribution >= 0.6 is 0 Å². The monoisotopic (exact) mass is 302 g/mol. The molecule has 0 fully saturated rings. The lowest BCUT2D eigenvalue weighted by atomic mass is 9.96. The molecule has 3 rings (SSSR count). The standard InChI is InChI=1S/C12H11ClO7/c1-7-3-8-4-10-11(18-6-17-10)5-9(8)12(2,19-7)20-13(14,15)16/h3-5H,6H2,1-2H3. The molecule has 108 valence electrons. The maximum Gasteiger partial charge on any atom is 0.385 e. The van der Waals surface area contributed by atoms with Crippen LogP contribution in [0.5, 0.6) is 11.5 Å². The Morgan fingerprint density at radius 1 is 1.20 bits per heavy atom. The average molecular weight is 303 g/mol. The van der Waals surface area contributed by atoms with Crippen LogP contribution in [0.2, 0.25) is 0 Å². The lowest BCUT2D eigenvalue weighted by Gasteiger charge is -2.31. The van der Waals surface area contributed by atoms with Crippen molar-refractivity contribution in [3.05, 3.63) is 29.0 Å². The second-order valence-electron chi connectivity index (χ2n) is 4.55. The molecule has 1 unspecified atom stereocenters. The van der Waals surface area contributed by atoms with Crippen LogP contribution in [0.25, 0.3) is 6.08 Å². The maximum atomic E-state index is 10.9. The first-order chi connectivity index (χ1) is 9.27. The van der Waals surface area contributed by atoms with Gasteiger partial charge in [-0.3, -0.25) is 0 Å². The Hall–Kier alpha value is -1.51. The molecule has 2 aliphatic heterocycles. The molecule has 0 amide bonds. The van der Waals surface area contributed by atoms with Gasteiger partial charge in [0.05, 0.1) is 21.6 Å². The van der Waals surface area contributed by atoms with Crippen molar-refractivity contribution in [1.29, 1.82) is 0 Å². The minimum Gasteiger partial charge on any atom is -0.454 e. The fourth-order valence-electron chi connectivity index (χ4n) is 2.32. The van der Waals surface area contributed by atoms with Crippen molar-refractivity contribution < 1.29 is 42.7 Å². The molecule has 0 N–H and O–H groups in total. The van der Waals surface area contributed by atoms with Crippen LogP contribution in [-0.4, -0.2) is 6.79 Å². The summed E-state index contributed by atoms with van der Waals surface area (Å²) in [6.07, 6.45) is 1.69. The van der Waals surface area contributed by atoms with Crippen LogP contribution in [0.15, 0.2) is 17.9 Å². The van der Waals surface area contributed by atoms with E-state index in [1.165, 1.54) is 6.92 Å². The fourth-order valence-corrected chi connectivity index (χ4v) is 2.79. The predicted octanol–water partition coefficient (Wildman–Crippen LogP) is -1.11. The number of fused-ring (bicyclic) bond motifs is 2. The van der Waals surface area contributed by atoms with E-state index >= 15 is 0 Å². The molecule has 7 nitrogen and oxygen atoms in total. The number of hydrogen-bond donors (Lipinski definition) is 0. The molecule has 1 aromatic rings. The summed E-state index contributed by atoms with van der Waals surface area (Å²) in [5, 5.41) is 0. The summed E-state index contributed by atoms with van der Waals surface area (Å²) in [6, 6.07) is 3.22. The molecule has 0 radical (unpaired) electrons. The van der Waals surface area contributed by atoms with E-state index in [0.717, 1.165) is 0 Å². The quantitative estimate of drug-likeness (QED) is 0.682. The number of rotatable bonds is 2. The molecule has 2 heterocycles. The molecule has 0 spiro atoms. The van der Waals surface area contributed by atoms with Gasteiger partial charge in [0, 0.05) is 6.92 Å². The Bertz CT molecular complexity index is 592. The Morgan fingerprint density at radius 2 is 1.85 bits per heavy atom. The van der Waals surface area contributed by atoms with Gasteiger partial charge in [-0.15, -0.1) is 0 Å². The molecule has 20 heavy (non-hydrogen) atoms. The van der Waals surface area contributed by atoms with Gasteiger partial charge in [0.25, 0.3) is 0 Å². The smallest absolute Gasteiger partial charge is 0.385 e. The number of ether oxygens (including phenoxy) is 3. The van der Waals surface area contributed by atoms with Gasteiger partial charge in [0.1, 0.15) is 4.29 Å². The molecule has 0 bridgehead atoms. The summed E-state index contributed by atoms with van der Waals surface area (Å²) >= 11 is 0. The highest BCUT2D eigenvalue weighted by Gasteiger charge is 2.49. The third-order valence-corrected chi connectivity index (χ3v) is 3.47. The molecule has 0 aliphatic carbocycles. The van der Waals surface area contributed by atoms with Gasteiger partial charge in [0.2, 0.25) is 6.79 Å². The van der Waals surface area contributed by atoms with E-state index in [4.69, 9.17) is 14.2 Å². The van der Waals surface area contributed by atoms with Crippen molar-refractivity contribution in [2.24, 2.45) is 0 Å². The van der Waals surface area contributed by atoms with Gasteiger partial charge >= 0.3 is 5.79 Å². The summed E-state index contributed by atoms with van der Waals surface area (Å²) in [5.74, 6) is -0.343. The van der Waals surface area contributed by atoms with Crippen molar-refractivity contribution >= 4 is 6.08 Å². The first kappa shape index (κ1) is 13.5. The van der Waals surface area contributed by atoms with E-state index < -0.39 is 16.0 Å². The molecule has 2 aliphatic rings. The van der Waals surface area contributed by atoms with Crippen LogP contribution in [0.4, 0.5) is 0 Å². The third kappa shape index (κ3) is 2.30. The van der Waals surface area contributed by atoms with E-state index in [2.05, 4.69) is 4.29 Å². The molecule has 0 saturated heterocycles. The molecule has 0 aromatic heterocycles. The normalized spacial score (nSPS) is 23.9. The zero-order valence-corrected chi connectivity index (χ0v) is 11.4. The van der Waals surface area contributed by atoms with Crippen molar-refractivity contribution in [2.45, 2.75) is 19.6 Å². The molecule has 1 aromatic carbocycles. The van der Waals surface area contributed by atoms with Crippen LogP contribution in [0.3, 0.4) is 0 Å². The summed E-state index contributed by atoms with van der Waals surface area (Å²) in [6.45, 7) is 3.06. The summed E-state index contributed by atoms with van der Waals surface area (Å²) in [5.41, 5.74) is 1.01. The van der Waals surface area contributed by atoms with Crippen molar-refractivity contribution in [3.8, 4) is 11.5 Å². The Balaban J connectivity index is 2.11. The second-order valence-corrected chi connectivity index (χ2v) is 5.46. The predicted molar refractivity (Wildman–Crippen MR) is 55.7 cm³/mol. The van der Waals surface area contributed by atoms with Crippen LogP contribution < -0.4 is 23.5 Å². The lowest BCUT2D eigenvalue weighted by molar-refractivity contribution is -1.92. The first-order valence-electron chi connectivity index (χ1n) is 5.70. The van der Waals surface area contributed by atoms with E-state index in [9.17, 15) is 14.0 Å². The van der Waals surface area contributed by atoms with Gasteiger partial charge in [-0.2, -0.15) is 14.0 Å². The molecular formula is C12H11ClO7. The van der Waals surface area contributed by atoms with Crippen molar-refractivity contribution in [1.82, 2.24) is 0 Å². The fraction of sp³-hybridized carbons (Fsp3) is 0.333. The van der Waals surface area contributed by atoms with Gasteiger partial charge in [-0.1, -0.05) is 0 Å². The second kappa shape index (κ2) is 4.24. The zero-order valence-electron chi connectivity index (χ0n) is 10.7. The molecular weight excluding hydrogens is 292 g/mol. The minimum absolute atomic E-state index is 0.0808. The van der Waals surface area contributed by atoms with Gasteiger partial charge in [-0.25, -0.2) is 0 Å². The Kier molecular flexibility index (Phi) is 2.86. The number of allylic oxidation sites excluding steroid dienone is 1. The third-order valence-electron chi connectivity index (χ3n) is 2.99. The number of halogens is 1. The topological polar surface area (TPSA) is 106 Å². The van der Waals surface area contributed by atoms with E-state index in [1.807, 2.05) is 0 Å². The highest BCUT2D eigenvalue weighted by Crippen LogP contribution is 2.44. The van der Waals surface area contributed by atoms with Crippen molar-refractivity contribution in [3.63, 3.8) is 0 Å². The van der Waals surface area contributed by atoms with Crippen LogP contribution in [0.1, 0.15) is 25.0 Å².